The fourth-order valence-corrected chi connectivity index (χ4v) is 3.04. The van der Waals surface area contributed by atoms with E-state index in [9.17, 15) is 0 Å². The van der Waals surface area contributed by atoms with Gasteiger partial charge in [0.2, 0.25) is 0 Å². The van der Waals surface area contributed by atoms with Crippen molar-refractivity contribution in [3.05, 3.63) is 16.5 Å². The van der Waals surface area contributed by atoms with Crippen molar-refractivity contribution in [3.8, 4) is 0 Å². The van der Waals surface area contributed by atoms with Gasteiger partial charge in [0.1, 0.15) is 16.2 Å². The molecule has 3 nitrogen and oxygen atoms in total. The van der Waals surface area contributed by atoms with Crippen LogP contribution in [0.3, 0.4) is 0 Å². The van der Waals surface area contributed by atoms with Crippen molar-refractivity contribution < 1.29 is 0 Å². The monoisotopic (exact) mass is 311 g/mol. The topological polar surface area (TPSA) is 29.0 Å². The molecule has 2 rings (SSSR count). The molecule has 1 aliphatic rings. The Morgan fingerprint density at radius 3 is 2.56 bits per heavy atom. The molecule has 0 aromatic carbocycles. The van der Waals surface area contributed by atoms with Gasteiger partial charge in [-0.05, 0) is 35.7 Å². The van der Waals surface area contributed by atoms with Gasteiger partial charge in [-0.1, -0.05) is 26.7 Å². The summed E-state index contributed by atoms with van der Waals surface area (Å²) in [6.07, 6.45) is 5.30. The summed E-state index contributed by atoms with van der Waals surface area (Å²) in [6.45, 7) is 7.50. The number of nitrogens with zero attached hydrogens (tertiary/aromatic N) is 3. The minimum atomic E-state index is 0.364. The highest BCUT2D eigenvalue weighted by molar-refractivity contribution is 9.10. The van der Waals surface area contributed by atoms with Crippen LogP contribution in [0.25, 0.3) is 0 Å². The van der Waals surface area contributed by atoms with Crippen LogP contribution in [0.15, 0.2) is 10.7 Å². The highest BCUT2D eigenvalue weighted by Gasteiger charge is 2.23. The number of anilines is 1. The van der Waals surface area contributed by atoms with Crippen molar-refractivity contribution in [2.75, 3.05) is 11.4 Å². The third-order valence-electron chi connectivity index (χ3n) is 3.62. The minimum Gasteiger partial charge on any atom is -0.354 e. The zero-order chi connectivity index (χ0) is 13.1. The minimum absolute atomic E-state index is 0.364. The second kappa shape index (κ2) is 6.00. The number of hydrogen-bond acceptors (Lipinski definition) is 3. The molecule has 0 saturated heterocycles. The summed E-state index contributed by atoms with van der Waals surface area (Å²) in [4.78, 5) is 11.6. The van der Waals surface area contributed by atoms with Crippen LogP contribution in [0, 0.1) is 0 Å². The van der Waals surface area contributed by atoms with Crippen molar-refractivity contribution in [2.45, 2.75) is 58.4 Å². The van der Waals surface area contributed by atoms with Crippen molar-refractivity contribution in [2.24, 2.45) is 0 Å². The first-order valence-corrected chi connectivity index (χ1v) is 7.72. The lowest BCUT2D eigenvalue weighted by molar-refractivity contribution is 0.608. The molecule has 1 aliphatic carbocycles. The highest BCUT2D eigenvalue weighted by atomic mass is 79.9. The Hall–Kier alpha value is -0.640. The number of halogens is 1. The van der Waals surface area contributed by atoms with Gasteiger partial charge in [0.05, 0.1) is 0 Å². The average molecular weight is 312 g/mol. The standard InChI is InChI=1S/C14H22BrN3/c1-4-18(11-7-5-6-8-11)13-9-12(15)16-14(17-13)10(2)3/h9-11H,4-8H2,1-3H3. The Bertz CT molecular complexity index is 400. The van der Waals surface area contributed by atoms with Crippen LogP contribution in [0.2, 0.25) is 0 Å². The summed E-state index contributed by atoms with van der Waals surface area (Å²) < 4.78 is 0.896. The van der Waals surface area contributed by atoms with E-state index in [2.05, 4.69) is 46.6 Å². The van der Waals surface area contributed by atoms with Crippen molar-refractivity contribution in [3.63, 3.8) is 0 Å². The third kappa shape index (κ3) is 3.02. The Labute approximate surface area is 118 Å². The SMILES string of the molecule is CCN(c1cc(Br)nc(C(C)C)n1)C1CCCC1. The molecule has 0 spiro atoms. The van der Waals surface area contributed by atoms with Crippen LogP contribution in [-0.4, -0.2) is 22.6 Å². The van der Waals surface area contributed by atoms with E-state index >= 15 is 0 Å². The fraction of sp³-hybridized carbons (Fsp3) is 0.714. The van der Waals surface area contributed by atoms with Gasteiger partial charge in [-0.2, -0.15) is 0 Å². The normalized spacial score (nSPS) is 16.5. The molecule has 1 heterocycles. The molecule has 0 atom stereocenters. The first kappa shape index (κ1) is 13.8. The van der Waals surface area contributed by atoms with Crippen LogP contribution in [0.1, 0.15) is 58.2 Å². The zero-order valence-corrected chi connectivity index (χ0v) is 13.1. The molecule has 0 amide bonds. The van der Waals surface area contributed by atoms with Crippen LogP contribution in [-0.2, 0) is 0 Å². The summed E-state index contributed by atoms with van der Waals surface area (Å²) in [5, 5.41) is 0. The van der Waals surface area contributed by atoms with Crippen LogP contribution in [0.5, 0.6) is 0 Å². The second-order valence-electron chi connectivity index (χ2n) is 5.29. The first-order chi connectivity index (χ1) is 8.61. The predicted octanol–water partition coefficient (Wildman–Crippen LogP) is 4.13. The van der Waals surface area contributed by atoms with Gasteiger partial charge >= 0.3 is 0 Å². The quantitative estimate of drug-likeness (QED) is 0.783. The largest absolute Gasteiger partial charge is 0.354 e. The first-order valence-electron chi connectivity index (χ1n) is 6.93. The highest BCUT2D eigenvalue weighted by Crippen LogP contribution is 2.28. The molecule has 1 fully saturated rings. The van der Waals surface area contributed by atoms with Gasteiger partial charge in [-0.3, -0.25) is 0 Å². The zero-order valence-electron chi connectivity index (χ0n) is 11.5. The molecular formula is C14H22BrN3. The molecule has 0 radical (unpaired) electrons. The average Bonchev–Trinajstić information content (AvgIpc) is 2.83. The van der Waals surface area contributed by atoms with Crippen LogP contribution in [0.4, 0.5) is 5.82 Å². The van der Waals surface area contributed by atoms with E-state index in [0.29, 0.717) is 12.0 Å². The summed E-state index contributed by atoms with van der Waals surface area (Å²) in [5.41, 5.74) is 0. The maximum absolute atomic E-state index is 4.73. The van der Waals surface area contributed by atoms with Crippen LogP contribution < -0.4 is 4.90 Å². The lowest BCUT2D eigenvalue weighted by atomic mass is 10.2. The smallest absolute Gasteiger partial charge is 0.134 e. The molecule has 100 valence electrons. The van der Waals surface area contributed by atoms with E-state index in [1.165, 1.54) is 25.7 Å². The fourth-order valence-electron chi connectivity index (χ4n) is 2.65. The van der Waals surface area contributed by atoms with Crippen LogP contribution >= 0.6 is 15.9 Å². The van der Waals surface area contributed by atoms with Gasteiger partial charge in [-0.25, -0.2) is 9.97 Å². The van der Waals surface area contributed by atoms with E-state index in [4.69, 9.17) is 4.98 Å². The van der Waals surface area contributed by atoms with E-state index in [-0.39, 0.29) is 0 Å². The maximum Gasteiger partial charge on any atom is 0.134 e. The molecule has 4 heteroatoms. The molecule has 0 N–H and O–H groups in total. The molecule has 0 bridgehead atoms. The number of hydrogen-bond donors (Lipinski definition) is 0. The summed E-state index contributed by atoms with van der Waals surface area (Å²) in [6, 6.07) is 2.71. The molecule has 1 aromatic rings. The molecule has 1 aromatic heterocycles. The molecule has 1 saturated carbocycles. The number of rotatable bonds is 4. The van der Waals surface area contributed by atoms with Crippen molar-refractivity contribution in [1.82, 2.24) is 9.97 Å². The second-order valence-corrected chi connectivity index (χ2v) is 6.10. The van der Waals surface area contributed by atoms with E-state index in [0.717, 1.165) is 22.8 Å². The van der Waals surface area contributed by atoms with Gasteiger partial charge in [0.25, 0.3) is 0 Å². The van der Waals surface area contributed by atoms with E-state index in [1.807, 2.05) is 6.07 Å². The lowest BCUT2D eigenvalue weighted by Crippen LogP contribution is -2.34. The van der Waals surface area contributed by atoms with E-state index < -0.39 is 0 Å². The van der Waals surface area contributed by atoms with E-state index in [1.54, 1.807) is 0 Å². The number of aromatic nitrogens is 2. The Morgan fingerprint density at radius 2 is 2.00 bits per heavy atom. The van der Waals surface area contributed by atoms with Gasteiger partial charge in [0, 0.05) is 24.6 Å². The Kier molecular flexibility index (Phi) is 4.60. The van der Waals surface area contributed by atoms with Gasteiger partial charge < -0.3 is 4.90 Å². The van der Waals surface area contributed by atoms with Gasteiger partial charge in [0.15, 0.2) is 0 Å². The summed E-state index contributed by atoms with van der Waals surface area (Å²) in [5.74, 6) is 2.37. The molecule has 18 heavy (non-hydrogen) atoms. The Morgan fingerprint density at radius 1 is 1.33 bits per heavy atom. The maximum atomic E-state index is 4.73. The van der Waals surface area contributed by atoms with Crippen molar-refractivity contribution in [1.29, 1.82) is 0 Å². The Balaban J connectivity index is 2.29. The third-order valence-corrected chi connectivity index (χ3v) is 4.02. The van der Waals surface area contributed by atoms with Crippen molar-refractivity contribution >= 4 is 21.7 Å². The summed E-state index contributed by atoms with van der Waals surface area (Å²) in [7, 11) is 0. The predicted molar refractivity (Wildman–Crippen MR) is 79.1 cm³/mol. The molecule has 0 aliphatic heterocycles. The lowest BCUT2D eigenvalue weighted by Gasteiger charge is -2.29. The summed E-state index contributed by atoms with van der Waals surface area (Å²) >= 11 is 3.51. The van der Waals surface area contributed by atoms with Gasteiger partial charge in [-0.15, -0.1) is 0 Å². The molecular weight excluding hydrogens is 290 g/mol. The molecule has 0 unspecified atom stereocenters.